The number of ether oxygens (including phenoxy) is 2. The summed E-state index contributed by atoms with van der Waals surface area (Å²) in [5, 5.41) is 12.9. The summed E-state index contributed by atoms with van der Waals surface area (Å²) < 4.78 is 33.7. The minimum atomic E-state index is -3.50. The van der Waals surface area contributed by atoms with Crippen molar-refractivity contribution in [1.82, 2.24) is 10.0 Å². The van der Waals surface area contributed by atoms with Crippen LogP contribution < -0.4 is 19.7 Å². The maximum absolute atomic E-state index is 14.3. The van der Waals surface area contributed by atoms with E-state index in [9.17, 15) is 18.9 Å². The molecule has 1 spiro atoms. The number of nitrogens with zero attached hydrogens (tertiary/aromatic N) is 2. The molecule has 3 aliphatic carbocycles. The first-order chi connectivity index (χ1) is 23.6. The Morgan fingerprint density at radius 3 is 2.86 bits per heavy atom. The number of aliphatic hydroxyl groups excluding tert-OH is 1. The van der Waals surface area contributed by atoms with Gasteiger partial charge >= 0.3 is 6.03 Å². The Kier molecular flexibility index (Phi) is 9.73. The summed E-state index contributed by atoms with van der Waals surface area (Å²) in [4.78, 5) is 29.2. The maximum Gasteiger partial charge on any atom is 0.327 e. The smallest absolute Gasteiger partial charge is 0.327 e. The third-order valence-electron chi connectivity index (χ3n) is 11.2. The van der Waals surface area contributed by atoms with Gasteiger partial charge in [-0.3, -0.25) is 9.52 Å². The molecule has 2 saturated carbocycles. The maximum atomic E-state index is 14.3. The molecule has 2 aromatic rings. The topological polar surface area (TPSA) is 130 Å². The lowest BCUT2D eigenvalue weighted by Crippen LogP contribution is -2.49. The Balaban J connectivity index is 1.27. The first-order valence-electron chi connectivity index (χ1n) is 17.6. The number of methoxy groups -OCH3 is 1. The molecule has 2 aliphatic heterocycles. The zero-order valence-corrected chi connectivity index (χ0v) is 29.8. The van der Waals surface area contributed by atoms with E-state index in [0.717, 1.165) is 49.4 Å². The van der Waals surface area contributed by atoms with Crippen LogP contribution in [0.3, 0.4) is 0 Å². The molecule has 7 rings (SSSR count). The van der Waals surface area contributed by atoms with Gasteiger partial charge in [0.2, 0.25) is 0 Å². The number of anilines is 1. The molecule has 10 nitrogen and oxygen atoms in total. The van der Waals surface area contributed by atoms with E-state index in [1.54, 1.807) is 13.2 Å². The third-order valence-corrected chi connectivity index (χ3v) is 13.5. The van der Waals surface area contributed by atoms with E-state index >= 15 is 0 Å². The van der Waals surface area contributed by atoms with Crippen molar-refractivity contribution in [3.8, 4) is 5.75 Å². The second-order valence-electron chi connectivity index (χ2n) is 14.8. The van der Waals surface area contributed by atoms with E-state index in [1.165, 1.54) is 11.1 Å². The Hall–Kier alpha value is -3.12. The molecule has 8 atom stereocenters. The van der Waals surface area contributed by atoms with Crippen molar-refractivity contribution in [3.05, 3.63) is 70.3 Å². The zero-order valence-electron chi connectivity index (χ0n) is 28.2. The number of aryl methyl sites for hydroxylation is 1. The van der Waals surface area contributed by atoms with Gasteiger partial charge in [-0.05, 0) is 104 Å². The van der Waals surface area contributed by atoms with Crippen molar-refractivity contribution in [2.24, 2.45) is 28.0 Å². The number of nitrogens with one attached hydrogen (secondary N) is 2. The summed E-state index contributed by atoms with van der Waals surface area (Å²) in [5.74, 6) is 0.610. The van der Waals surface area contributed by atoms with Crippen LogP contribution in [0.2, 0.25) is 5.02 Å². The molecule has 264 valence electrons. The first-order valence-corrected chi connectivity index (χ1v) is 19.6. The van der Waals surface area contributed by atoms with Crippen LogP contribution in [0.25, 0.3) is 0 Å². The molecular formula is C37H47ClN4O6S. The molecule has 0 aromatic heterocycles. The van der Waals surface area contributed by atoms with Crippen LogP contribution in [-0.4, -0.2) is 72.6 Å². The molecule has 2 aromatic carbocycles. The predicted octanol–water partition coefficient (Wildman–Crippen LogP) is 5.65. The number of urea groups is 1. The van der Waals surface area contributed by atoms with Gasteiger partial charge in [-0.1, -0.05) is 36.7 Å². The average Bonchev–Trinajstić information content (AvgIpc) is 3.83. The lowest BCUT2D eigenvalue weighted by atomic mass is 9.68. The summed E-state index contributed by atoms with van der Waals surface area (Å²) in [7, 11) is -1.75. The molecule has 3 amide bonds. The van der Waals surface area contributed by atoms with Crippen molar-refractivity contribution in [3.63, 3.8) is 0 Å². The summed E-state index contributed by atoms with van der Waals surface area (Å²) >= 11 is 6.44. The average molecular weight is 711 g/mol. The van der Waals surface area contributed by atoms with Crippen molar-refractivity contribution >= 4 is 39.1 Å². The number of carbonyl (C=O) groups excluding carboxylic acids is 2. The minimum absolute atomic E-state index is 0.000417. The zero-order chi connectivity index (χ0) is 34.3. The van der Waals surface area contributed by atoms with Crippen LogP contribution in [0.5, 0.6) is 5.75 Å². The van der Waals surface area contributed by atoms with Gasteiger partial charge in [-0.2, -0.15) is 0 Å². The van der Waals surface area contributed by atoms with Crippen molar-refractivity contribution < 1.29 is 28.4 Å². The molecule has 12 heteroatoms. The second-order valence-corrected chi connectivity index (χ2v) is 17.3. The molecule has 49 heavy (non-hydrogen) atoms. The van der Waals surface area contributed by atoms with Crippen molar-refractivity contribution in [2.45, 2.75) is 69.4 Å². The predicted molar refractivity (Wildman–Crippen MR) is 191 cm³/mol. The van der Waals surface area contributed by atoms with Crippen LogP contribution in [0.1, 0.15) is 66.9 Å². The Labute approximate surface area is 294 Å². The van der Waals surface area contributed by atoms with E-state index < -0.39 is 21.9 Å². The SMILES string of the molecule is CO[C@H]1/C=C/C[C@H](C)C[S@@](=O)(NC(=O)N[C@H]2C[C@@H]2CO)=NC(=O)c2ccc3c(c2)N(C[C@@H]2CC[C@H]21)C[C@@]1(CCCc2cc(Cl)ccc21)CO3. The molecular weight excluding hydrogens is 664 g/mol. The van der Waals surface area contributed by atoms with Crippen LogP contribution in [-0.2, 0) is 26.5 Å². The third kappa shape index (κ3) is 7.22. The Morgan fingerprint density at radius 1 is 1.24 bits per heavy atom. The fourth-order valence-electron chi connectivity index (χ4n) is 8.34. The van der Waals surface area contributed by atoms with Gasteiger partial charge in [0.15, 0.2) is 0 Å². The largest absolute Gasteiger partial charge is 0.490 e. The highest BCUT2D eigenvalue weighted by Crippen LogP contribution is 2.47. The molecule has 0 radical (unpaired) electrons. The number of fused-ring (bicyclic) bond motifs is 4. The van der Waals surface area contributed by atoms with E-state index in [2.05, 4.69) is 43.6 Å². The van der Waals surface area contributed by atoms with Crippen molar-refractivity contribution in [2.75, 3.05) is 44.1 Å². The normalized spacial score (nSPS) is 34.6. The lowest BCUT2D eigenvalue weighted by Gasteiger charge is -2.46. The highest BCUT2D eigenvalue weighted by Gasteiger charge is 2.44. The lowest BCUT2D eigenvalue weighted by molar-refractivity contribution is 0.0131. The Morgan fingerprint density at radius 2 is 2.10 bits per heavy atom. The molecule has 5 aliphatic rings. The first kappa shape index (κ1) is 34.3. The fraction of sp³-hybridized carbons (Fsp3) is 0.568. The van der Waals surface area contributed by atoms with Gasteiger partial charge in [-0.25, -0.2) is 9.00 Å². The van der Waals surface area contributed by atoms with E-state index in [0.29, 0.717) is 43.6 Å². The summed E-state index contributed by atoms with van der Waals surface area (Å²) in [6.45, 7) is 3.90. The molecule has 2 heterocycles. The number of amides is 3. The van der Waals surface area contributed by atoms with Crippen LogP contribution in [0, 0.1) is 23.7 Å². The number of hydrogen-bond donors (Lipinski definition) is 3. The van der Waals surface area contributed by atoms with Crippen LogP contribution in [0.15, 0.2) is 52.9 Å². The van der Waals surface area contributed by atoms with Crippen LogP contribution >= 0.6 is 11.6 Å². The van der Waals surface area contributed by atoms with Gasteiger partial charge in [0.25, 0.3) is 5.91 Å². The number of carbonyl (C=O) groups is 2. The van der Waals surface area contributed by atoms with Gasteiger partial charge in [-0.15, -0.1) is 4.36 Å². The monoisotopic (exact) mass is 710 g/mol. The van der Waals surface area contributed by atoms with E-state index in [4.69, 9.17) is 21.1 Å². The van der Waals surface area contributed by atoms with E-state index in [1.807, 2.05) is 25.1 Å². The number of benzene rings is 2. The number of rotatable bonds is 4. The highest BCUT2D eigenvalue weighted by molar-refractivity contribution is 7.92. The standard InChI is InChI=1S/C37H47ClN4O6S/c1-23-5-3-7-33(47-2)29-11-8-26(29)18-42-21-37(14-4-6-24-15-28(38)10-12-30(24)37)22-48-34-13-9-25(17-32(34)42)35(44)40-49(46,20-23)41-36(45)39-31-16-27(31)19-43/h3,7,9-10,12-13,15,17,23,26-27,29,31,33,43H,4-6,8,11,14,16,18-22H2,1-2H3,(H2,39,40,41,44,45,46)/b7-3+/t23-,26-,27+,29+,31-,33-,37-,49-/m0/s1. The summed E-state index contributed by atoms with van der Waals surface area (Å²) in [6.07, 6.45) is 10.5. The molecule has 0 unspecified atom stereocenters. The van der Waals surface area contributed by atoms with Crippen LogP contribution in [0.4, 0.5) is 10.5 Å². The second kappa shape index (κ2) is 13.9. The van der Waals surface area contributed by atoms with Gasteiger partial charge in [0.05, 0.1) is 24.2 Å². The quantitative estimate of drug-likeness (QED) is 0.350. The summed E-state index contributed by atoms with van der Waals surface area (Å²) in [6, 6.07) is 10.7. The van der Waals surface area contributed by atoms with Gasteiger partial charge in [0.1, 0.15) is 15.7 Å². The fourth-order valence-corrected chi connectivity index (χ4v) is 10.4. The molecule has 0 saturated heterocycles. The number of hydrogen-bond acceptors (Lipinski definition) is 7. The molecule has 3 N–H and O–H groups in total. The highest BCUT2D eigenvalue weighted by atomic mass is 35.5. The van der Waals surface area contributed by atoms with Crippen molar-refractivity contribution in [1.29, 1.82) is 0 Å². The summed E-state index contributed by atoms with van der Waals surface area (Å²) in [5.41, 5.74) is 3.38. The van der Waals surface area contributed by atoms with Gasteiger partial charge < -0.3 is 24.8 Å². The molecule has 2 bridgehead atoms. The van der Waals surface area contributed by atoms with Gasteiger partial charge in [0, 0.05) is 54.8 Å². The Bertz CT molecular complexity index is 1760. The number of halogens is 1. The number of allylic oxidation sites excluding steroid dienone is 1. The minimum Gasteiger partial charge on any atom is -0.490 e. The number of aliphatic hydroxyl groups is 1. The van der Waals surface area contributed by atoms with E-state index in [-0.39, 0.29) is 47.3 Å². The molecule has 2 fully saturated rings.